The third-order valence-corrected chi connectivity index (χ3v) is 9.68. The van der Waals surface area contributed by atoms with Crippen molar-refractivity contribution in [2.75, 3.05) is 20.7 Å². The number of aliphatic hydroxyl groups excluding tert-OH is 1. The van der Waals surface area contributed by atoms with Crippen LogP contribution in [0.1, 0.15) is 70.8 Å². The van der Waals surface area contributed by atoms with Crippen molar-refractivity contribution in [1.82, 2.24) is 19.5 Å². The number of hydrogen-bond acceptors (Lipinski definition) is 5. The molecule has 0 spiro atoms. The third-order valence-electron chi connectivity index (χ3n) is 7.83. The van der Waals surface area contributed by atoms with Crippen molar-refractivity contribution in [3.05, 3.63) is 113 Å². The predicted octanol–water partition coefficient (Wildman–Crippen LogP) is 5.75. The van der Waals surface area contributed by atoms with Crippen molar-refractivity contribution in [2.24, 2.45) is 0 Å². The molecule has 8 nitrogen and oxygen atoms in total. The molecule has 0 saturated carbocycles. The quantitative estimate of drug-likeness (QED) is 0.247. The smallest absolute Gasteiger partial charge is 0.270 e. The molecule has 0 aliphatic carbocycles. The first-order valence-electron chi connectivity index (χ1n) is 15.1. The molecule has 0 saturated heterocycles. The lowest BCUT2D eigenvalue weighted by Crippen LogP contribution is -2.36. The Labute approximate surface area is 267 Å². The summed E-state index contributed by atoms with van der Waals surface area (Å²) in [6.07, 6.45) is 0.379. The number of aliphatic hydroxyl groups is 1. The van der Waals surface area contributed by atoms with Gasteiger partial charge in [0.25, 0.3) is 11.8 Å². The molecule has 2 heterocycles. The van der Waals surface area contributed by atoms with Gasteiger partial charge in [-0.25, -0.2) is 13.5 Å². The van der Waals surface area contributed by atoms with Gasteiger partial charge in [-0.1, -0.05) is 60.7 Å². The fraction of sp³-hybridized carbons (Fsp3) is 0.306. The lowest BCUT2D eigenvalue weighted by molar-refractivity contribution is 0.0827. The van der Waals surface area contributed by atoms with Crippen LogP contribution >= 0.6 is 0 Å². The monoisotopic (exact) mass is 624 g/mol. The Kier molecular flexibility index (Phi) is 9.62. The van der Waals surface area contributed by atoms with Gasteiger partial charge in [0.1, 0.15) is 16.7 Å². The van der Waals surface area contributed by atoms with Crippen molar-refractivity contribution in [3.63, 3.8) is 0 Å². The van der Waals surface area contributed by atoms with Crippen molar-refractivity contribution in [2.45, 2.75) is 51.1 Å². The highest BCUT2D eigenvalue weighted by Gasteiger charge is 2.40. The van der Waals surface area contributed by atoms with Gasteiger partial charge in [-0.15, -0.1) is 0 Å². The van der Waals surface area contributed by atoms with E-state index in [-0.39, 0.29) is 30.2 Å². The second-order valence-corrected chi connectivity index (χ2v) is 14.6. The van der Waals surface area contributed by atoms with E-state index in [4.69, 9.17) is 4.98 Å². The normalized spacial score (nSPS) is 15.4. The summed E-state index contributed by atoms with van der Waals surface area (Å²) in [4.78, 5) is 32.4. The standard InChI is InChI=1S/C36H40N4O4S/c1-36(2,3)45(44)40-23-29-21-30(34(42)37-22-24-10-7-6-8-11-24)38-33(32(29)31(40)18-19-41)28-13-9-12-27(20-28)25-14-16-26(17-15-25)35(43)39(4)5/h6-17,20-21,31,41H,18-19,22-23H2,1-5H3,(H,37,42)/t31-,45-/m0/s1. The minimum atomic E-state index is -1.36. The molecule has 2 atom stereocenters. The van der Waals surface area contributed by atoms with Crippen LogP contribution in [0.5, 0.6) is 0 Å². The fourth-order valence-corrected chi connectivity index (χ4v) is 6.99. The van der Waals surface area contributed by atoms with Crippen molar-refractivity contribution in [1.29, 1.82) is 0 Å². The van der Waals surface area contributed by atoms with Gasteiger partial charge in [0.2, 0.25) is 0 Å². The number of pyridine rings is 1. The number of benzene rings is 3. The summed E-state index contributed by atoms with van der Waals surface area (Å²) in [5.74, 6) is -0.362. The molecule has 1 aliphatic heterocycles. The average molecular weight is 625 g/mol. The second-order valence-electron chi connectivity index (χ2n) is 12.4. The molecule has 234 valence electrons. The number of rotatable bonds is 9. The molecule has 4 aromatic rings. The molecule has 0 unspecified atom stereocenters. The van der Waals surface area contributed by atoms with Crippen LogP contribution in [0.2, 0.25) is 0 Å². The maximum absolute atomic E-state index is 13.7. The number of hydrogen-bond donors (Lipinski definition) is 2. The largest absolute Gasteiger partial charge is 0.396 e. The van der Waals surface area contributed by atoms with Crippen LogP contribution in [-0.2, 0) is 24.1 Å². The molecule has 1 aliphatic rings. The number of aromatic nitrogens is 1. The van der Waals surface area contributed by atoms with E-state index in [2.05, 4.69) is 5.32 Å². The van der Waals surface area contributed by atoms with Gasteiger partial charge in [0.05, 0.1) is 16.5 Å². The summed E-state index contributed by atoms with van der Waals surface area (Å²) in [5, 5.41) is 13.1. The number of nitrogens with one attached hydrogen (secondary N) is 1. The number of amides is 2. The Morgan fingerprint density at radius 1 is 0.956 bits per heavy atom. The first-order chi connectivity index (χ1) is 21.5. The van der Waals surface area contributed by atoms with E-state index in [0.29, 0.717) is 30.8 Å². The average Bonchev–Trinajstić information content (AvgIpc) is 3.40. The third kappa shape index (κ3) is 7.06. The van der Waals surface area contributed by atoms with Crippen LogP contribution in [0, 0.1) is 0 Å². The van der Waals surface area contributed by atoms with Gasteiger partial charge in [-0.3, -0.25) is 9.59 Å². The summed E-state index contributed by atoms with van der Waals surface area (Å²) in [6, 6.07) is 26.6. The zero-order chi connectivity index (χ0) is 32.3. The molecule has 0 bridgehead atoms. The number of fused-ring (bicyclic) bond motifs is 1. The molecule has 5 rings (SSSR count). The SMILES string of the molecule is CN(C)C(=O)c1ccc(-c2cccc(-c3nc(C(=O)NCc4ccccc4)cc4c3[C@H](CCO)N([S@@](=O)C(C)(C)C)C4)c2)cc1. The summed E-state index contributed by atoms with van der Waals surface area (Å²) in [7, 11) is 2.09. The summed E-state index contributed by atoms with van der Waals surface area (Å²) in [5.41, 5.74) is 6.92. The number of carbonyl (C=O) groups excluding carboxylic acids is 2. The van der Waals surface area contributed by atoms with Gasteiger partial charge in [-0.05, 0) is 73.7 Å². The van der Waals surface area contributed by atoms with Crippen LogP contribution < -0.4 is 5.32 Å². The highest BCUT2D eigenvalue weighted by Crippen LogP contribution is 2.44. The fourth-order valence-electron chi connectivity index (χ4n) is 5.58. The van der Waals surface area contributed by atoms with Crippen LogP contribution in [0.3, 0.4) is 0 Å². The molecular weight excluding hydrogens is 584 g/mol. The maximum Gasteiger partial charge on any atom is 0.270 e. The van der Waals surface area contributed by atoms with Crippen LogP contribution in [0.15, 0.2) is 84.9 Å². The predicted molar refractivity (Wildman–Crippen MR) is 179 cm³/mol. The maximum atomic E-state index is 13.7. The molecule has 9 heteroatoms. The van der Waals surface area contributed by atoms with E-state index in [0.717, 1.165) is 33.4 Å². The van der Waals surface area contributed by atoms with E-state index in [1.165, 1.54) is 0 Å². The summed E-state index contributed by atoms with van der Waals surface area (Å²) >= 11 is 0. The molecule has 45 heavy (non-hydrogen) atoms. The Hall–Kier alpha value is -4.18. The minimum absolute atomic E-state index is 0.0652. The topological polar surface area (TPSA) is 103 Å². The highest BCUT2D eigenvalue weighted by molar-refractivity contribution is 7.84. The summed E-state index contributed by atoms with van der Waals surface area (Å²) < 4.78 is 15.1. The second kappa shape index (κ2) is 13.4. The van der Waals surface area contributed by atoms with Crippen LogP contribution in [0.25, 0.3) is 22.4 Å². The van der Waals surface area contributed by atoms with Gasteiger partial charge >= 0.3 is 0 Å². The van der Waals surface area contributed by atoms with Crippen molar-refractivity contribution in [3.8, 4) is 22.4 Å². The van der Waals surface area contributed by atoms with Gasteiger partial charge < -0.3 is 15.3 Å². The zero-order valence-electron chi connectivity index (χ0n) is 26.4. The molecule has 0 radical (unpaired) electrons. The Bertz CT molecular complexity index is 1720. The zero-order valence-corrected chi connectivity index (χ0v) is 27.2. The molecule has 0 fully saturated rings. The van der Waals surface area contributed by atoms with Gasteiger partial charge in [0.15, 0.2) is 0 Å². The van der Waals surface area contributed by atoms with Crippen molar-refractivity contribution >= 4 is 22.8 Å². The Morgan fingerprint density at radius 2 is 1.64 bits per heavy atom. The van der Waals surface area contributed by atoms with E-state index in [9.17, 15) is 18.9 Å². The highest BCUT2D eigenvalue weighted by atomic mass is 32.2. The van der Waals surface area contributed by atoms with Crippen molar-refractivity contribution < 1.29 is 18.9 Å². The summed E-state index contributed by atoms with van der Waals surface area (Å²) in [6.45, 7) is 6.46. The first-order valence-corrected chi connectivity index (χ1v) is 16.2. The minimum Gasteiger partial charge on any atom is -0.396 e. The van der Waals surface area contributed by atoms with Gasteiger partial charge in [-0.2, -0.15) is 0 Å². The Morgan fingerprint density at radius 3 is 2.29 bits per heavy atom. The van der Waals surface area contributed by atoms with Gasteiger partial charge in [0, 0.05) is 50.5 Å². The lowest BCUT2D eigenvalue weighted by atomic mass is 9.94. The first kappa shape index (κ1) is 32.2. The molecular formula is C36H40N4O4S. The Balaban J connectivity index is 1.58. The number of nitrogens with zero attached hydrogens (tertiary/aromatic N) is 3. The lowest BCUT2D eigenvalue weighted by Gasteiger charge is -2.30. The van der Waals surface area contributed by atoms with Crippen LogP contribution in [-0.4, -0.2) is 60.8 Å². The van der Waals surface area contributed by atoms with E-state index >= 15 is 0 Å². The van der Waals surface area contributed by atoms with E-state index in [1.54, 1.807) is 25.1 Å². The molecule has 2 N–H and O–H groups in total. The molecule has 3 aromatic carbocycles. The van der Waals surface area contributed by atoms with Crippen LogP contribution in [0.4, 0.5) is 0 Å². The molecule has 1 aromatic heterocycles. The van der Waals surface area contributed by atoms with E-state index < -0.39 is 15.7 Å². The van der Waals surface area contributed by atoms with E-state index in [1.807, 2.05) is 104 Å². The number of carbonyl (C=O) groups is 2. The molecule has 2 amide bonds.